The molecular formula is C10H13ClN2O. The molecule has 0 saturated heterocycles. The molecule has 2 N–H and O–H groups in total. The van der Waals surface area contributed by atoms with E-state index in [-0.39, 0.29) is 12.4 Å². The van der Waals surface area contributed by atoms with Crippen LogP contribution in [0.2, 0.25) is 0 Å². The molecule has 0 aromatic heterocycles. The van der Waals surface area contributed by atoms with Crippen molar-refractivity contribution in [3.05, 3.63) is 29.8 Å². The number of nitriles is 1. The van der Waals surface area contributed by atoms with Crippen LogP contribution in [-0.2, 0) is 6.42 Å². The summed E-state index contributed by atoms with van der Waals surface area (Å²) < 4.78 is 5.28. The van der Waals surface area contributed by atoms with E-state index in [0.29, 0.717) is 19.6 Å². The molecule has 0 saturated carbocycles. The van der Waals surface area contributed by atoms with Gasteiger partial charge in [-0.3, -0.25) is 0 Å². The average Bonchev–Trinajstić information content (AvgIpc) is 2.17. The van der Waals surface area contributed by atoms with Gasteiger partial charge in [-0.25, -0.2) is 0 Å². The molecule has 1 rings (SSSR count). The van der Waals surface area contributed by atoms with Crippen LogP contribution in [0.1, 0.15) is 5.56 Å². The number of rotatable bonds is 4. The van der Waals surface area contributed by atoms with E-state index in [4.69, 9.17) is 15.7 Å². The summed E-state index contributed by atoms with van der Waals surface area (Å²) in [6.45, 7) is 1.04. The molecule has 14 heavy (non-hydrogen) atoms. The maximum Gasteiger partial charge on any atom is 0.119 e. The molecule has 0 radical (unpaired) electrons. The van der Waals surface area contributed by atoms with Gasteiger partial charge in [-0.15, -0.1) is 12.4 Å². The van der Waals surface area contributed by atoms with Crippen molar-refractivity contribution in [2.75, 3.05) is 13.2 Å². The SMILES string of the molecule is Cl.N#CCc1ccc(OCCN)cc1. The monoisotopic (exact) mass is 212 g/mol. The van der Waals surface area contributed by atoms with Crippen LogP contribution in [0.5, 0.6) is 5.75 Å². The van der Waals surface area contributed by atoms with Crippen LogP contribution in [0.3, 0.4) is 0 Å². The first-order valence-electron chi connectivity index (χ1n) is 4.15. The van der Waals surface area contributed by atoms with Gasteiger partial charge in [0.2, 0.25) is 0 Å². The summed E-state index contributed by atoms with van der Waals surface area (Å²) in [5.74, 6) is 0.798. The molecule has 0 bridgehead atoms. The van der Waals surface area contributed by atoms with Gasteiger partial charge in [0.05, 0.1) is 12.5 Å². The van der Waals surface area contributed by atoms with E-state index in [1.54, 1.807) is 0 Å². The Kier molecular flexibility index (Phi) is 6.55. The van der Waals surface area contributed by atoms with Gasteiger partial charge in [0.15, 0.2) is 0 Å². The lowest BCUT2D eigenvalue weighted by atomic mass is 10.2. The third-order valence-electron chi connectivity index (χ3n) is 1.59. The molecule has 0 heterocycles. The lowest BCUT2D eigenvalue weighted by Crippen LogP contribution is -2.10. The third-order valence-corrected chi connectivity index (χ3v) is 1.59. The molecule has 0 aliphatic heterocycles. The average molecular weight is 213 g/mol. The second-order valence-electron chi connectivity index (χ2n) is 2.62. The minimum Gasteiger partial charge on any atom is -0.492 e. The van der Waals surface area contributed by atoms with Gasteiger partial charge < -0.3 is 10.5 Å². The van der Waals surface area contributed by atoms with Crippen LogP contribution in [0, 0.1) is 11.3 Å². The van der Waals surface area contributed by atoms with Crippen molar-refractivity contribution in [3.63, 3.8) is 0 Å². The van der Waals surface area contributed by atoms with Crippen molar-refractivity contribution >= 4 is 12.4 Å². The van der Waals surface area contributed by atoms with Crippen molar-refractivity contribution in [3.8, 4) is 11.8 Å². The second-order valence-corrected chi connectivity index (χ2v) is 2.62. The van der Waals surface area contributed by atoms with Crippen LogP contribution in [-0.4, -0.2) is 13.2 Å². The summed E-state index contributed by atoms with van der Waals surface area (Å²) in [7, 11) is 0. The van der Waals surface area contributed by atoms with Gasteiger partial charge in [0.1, 0.15) is 12.4 Å². The number of nitrogens with two attached hydrogens (primary N) is 1. The van der Waals surface area contributed by atoms with E-state index in [0.717, 1.165) is 11.3 Å². The smallest absolute Gasteiger partial charge is 0.119 e. The fourth-order valence-corrected chi connectivity index (χ4v) is 0.972. The first-order chi connectivity index (χ1) is 6.36. The van der Waals surface area contributed by atoms with Crippen molar-refractivity contribution in [1.82, 2.24) is 0 Å². The quantitative estimate of drug-likeness (QED) is 0.823. The number of halogens is 1. The molecular weight excluding hydrogens is 200 g/mol. The molecule has 1 aromatic rings. The van der Waals surface area contributed by atoms with Gasteiger partial charge >= 0.3 is 0 Å². The van der Waals surface area contributed by atoms with Gasteiger partial charge in [-0.1, -0.05) is 12.1 Å². The van der Waals surface area contributed by atoms with Crippen LogP contribution in [0.4, 0.5) is 0 Å². The molecule has 4 heteroatoms. The molecule has 76 valence electrons. The standard InChI is InChI=1S/C10H12N2O.ClH/c11-6-5-9-1-3-10(4-2-9)13-8-7-12;/h1-4H,5,7-8,12H2;1H. The van der Waals surface area contributed by atoms with E-state index < -0.39 is 0 Å². The van der Waals surface area contributed by atoms with Crippen molar-refractivity contribution < 1.29 is 4.74 Å². The molecule has 0 fully saturated rings. The predicted molar refractivity (Wildman–Crippen MR) is 57.6 cm³/mol. The molecule has 0 atom stereocenters. The Balaban J connectivity index is 0.00000169. The predicted octanol–water partition coefficient (Wildman–Crippen LogP) is 1.51. The van der Waals surface area contributed by atoms with E-state index in [9.17, 15) is 0 Å². The first-order valence-corrected chi connectivity index (χ1v) is 4.15. The molecule has 3 nitrogen and oxygen atoms in total. The molecule has 0 aliphatic carbocycles. The minimum absolute atomic E-state index is 0. The molecule has 0 aliphatic rings. The highest BCUT2D eigenvalue weighted by molar-refractivity contribution is 5.85. The third kappa shape index (κ3) is 4.13. The number of hydrogen-bond acceptors (Lipinski definition) is 3. The minimum atomic E-state index is 0. The highest BCUT2D eigenvalue weighted by atomic mass is 35.5. The number of ether oxygens (including phenoxy) is 1. The van der Waals surface area contributed by atoms with Gasteiger partial charge in [0, 0.05) is 6.54 Å². The lowest BCUT2D eigenvalue weighted by molar-refractivity contribution is 0.328. The summed E-state index contributed by atoms with van der Waals surface area (Å²) in [5.41, 5.74) is 6.29. The maximum atomic E-state index is 8.43. The Hall–Kier alpha value is -1.24. The summed E-state index contributed by atoms with van der Waals surface area (Å²) in [5, 5.41) is 8.43. The molecule has 1 aromatic carbocycles. The molecule has 0 amide bonds. The summed E-state index contributed by atoms with van der Waals surface area (Å²) >= 11 is 0. The number of nitrogens with zero attached hydrogens (tertiary/aromatic N) is 1. The Morgan fingerprint density at radius 2 is 1.93 bits per heavy atom. The van der Waals surface area contributed by atoms with Gasteiger partial charge in [-0.2, -0.15) is 5.26 Å². The Labute approximate surface area is 89.9 Å². The highest BCUT2D eigenvalue weighted by Crippen LogP contribution is 2.11. The van der Waals surface area contributed by atoms with Crippen LogP contribution < -0.4 is 10.5 Å². The van der Waals surface area contributed by atoms with E-state index in [1.165, 1.54) is 0 Å². The maximum absolute atomic E-state index is 8.43. The zero-order valence-corrected chi connectivity index (χ0v) is 8.59. The Bertz CT molecular complexity index is 292. The highest BCUT2D eigenvalue weighted by Gasteiger charge is 1.93. The van der Waals surface area contributed by atoms with E-state index in [2.05, 4.69) is 6.07 Å². The van der Waals surface area contributed by atoms with Crippen molar-refractivity contribution in [1.29, 1.82) is 5.26 Å². The zero-order chi connectivity index (χ0) is 9.52. The van der Waals surface area contributed by atoms with E-state index in [1.807, 2.05) is 24.3 Å². The van der Waals surface area contributed by atoms with Crippen LogP contribution in [0.25, 0.3) is 0 Å². The second kappa shape index (κ2) is 7.19. The van der Waals surface area contributed by atoms with E-state index >= 15 is 0 Å². The zero-order valence-electron chi connectivity index (χ0n) is 7.77. The largest absolute Gasteiger partial charge is 0.492 e. The fraction of sp³-hybridized carbons (Fsp3) is 0.300. The number of hydrogen-bond donors (Lipinski definition) is 1. The van der Waals surface area contributed by atoms with Gasteiger partial charge in [-0.05, 0) is 17.7 Å². The fourth-order valence-electron chi connectivity index (χ4n) is 0.972. The molecule has 0 unspecified atom stereocenters. The normalized spacial score (nSPS) is 8.57. The Morgan fingerprint density at radius 3 is 2.43 bits per heavy atom. The number of benzene rings is 1. The van der Waals surface area contributed by atoms with Crippen molar-refractivity contribution in [2.24, 2.45) is 5.73 Å². The van der Waals surface area contributed by atoms with Crippen LogP contribution in [0.15, 0.2) is 24.3 Å². The summed E-state index contributed by atoms with van der Waals surface area (Å²) in [6, 6.07) is 9.55. The van der Waals surface area contributed by atoms with Crippen LogP contribution >= 0.6 is 12.4 Å². The van der Waals surface area contributed by atoms with Gasteiger partial charge in [0.25, 0.3) is 0 Å². The first kappa shape index (κ1) is 12.8. The Morgan fingerprint density at radius 1 is 1.29 bits per heavy atom. The topological polar surface area (TPSA) is 59.0 Å². The summed E-state index contributed by atoms with van der Waals surface area (Å²) in [4.78, 5) is 0. The molecule has 0 spiro atoms. The lowest BCUT2D eigenvalue weighted by Gasteiger charge is -2.03. The summed E-state index contributed by atoms with van der Waals surface area (Å²) in [6.07, 6.45) is 0.442. The van der Waals surface area contributed by atoms with Crippen molar-refractivity contribution in [2.45, 2.75) is 6.42 Å².